The summed E-state index contributed by atoms with van der Waals surface area (Å²) >= 11 is 3.29. The Balaban J connectivity index is 2.14. The Hall–Kier alpha value is -1.14. The van der Waals surface area contributed by atoms with Gasteiger partial charge in [0.05, 0.1) is 11.7 Å². The van der Waals surface area contributed by atoms with Crippen LogP contribution in [0, 0.1) is 5.82 Å². The van der Waals surface area contributed by atoms with Crippen molar-refractivity contribution in [3.05, 3.63) is 28.5 Å². The number of para-hydroxylation sites is 1. The number of hydrazine groups is 1. The minimum Gasteiger partial charge on any atom is -0.322 e. The number of nitrogens with zero attached hydrogens (tertiary/aromatic N) is 1. The van der Waals surface area contributed by atoms with Crippen molar-refractivity contribution in [2.24, 2.45) is 10.8 Å². The lowest BCUT2D eigenvalue weighted by Crippen LogP contribution is -2.37. The summed E-state index contributed by atoms with van der Waals surface area (Å²) in [6, 6.07) is 5.05. The van der Waals surface area contributed by atoms with Crippen LogP contribution in [0.2, 0.25) is 0 Å². The molecule has 4 nitrogen and oxygen atoms in total. The molecule has 1 aliphatic carbocycles. The number of halogens is 2. The van der Waals surface area contributed by atoms with E-state index in [4.69, 9.17) is 5.84 Å². The molecular formula is C12H16BrFN4. The molecule has 2 rings (SSSR count). The van der Waals surface area contributed by atoms with E-state index < -0.39 is 0 Å². The second-order valence-corrected chi connectivity index (χ2v) is 5.14. The Morgan fingerprint density at radius 2 is 2.11 bits per heavy atom. The van der Waals surface area contributed by atoms with Crippen LogP contribution in [0.4, 0.5) is 10.1 Å². The lowest BCUT2D eigenvalue weighted by molar-refractivity contribution is 0.631. The summed E-state index contributed by atoms with van der Waals surface area (Å²) in [5.74, 6) is 5.47. The number of guanidine groups is 1. The van der Waals surface area contributed by atoms with Gasteiger partial charge in [0.25, 0.3) is 0 Å². The van der Waals surface area contributed by atoms with E-state index in [0.717, 1.165) is 12.8 Å². The highest BCUT2D eigenvalue weighted by Crippen LogP contribution is 2.25. The normalized spacial score (nSPS) is 16.9. The molecule has 1 aromatic rings. The van der Waals surface area contributed by atoms with Crippen LogP contribution in [-0.2, 0) is 0 Å². The molecule has 0 radical (unpaired) electrons. The quantitative estimate of drug-likeness (QED) is 0.340. The Bertz CT molecular complexity index is 423. The third-order valence-electron chi connectivity index (χ3n) is 2.98. The second kappa shape index (κ2) is 6.15. The Morgan fingerprint density at radius 1 is 1.39 bits per heavy atom. The van der Waals surface area contributed by atoms with Crippen LogP contribution in [0.3, 0.4) is 0 Å². The van der Waals surface area contributed by atoms with Gasteiger partial charge in [0, 0.05) is 4.47 Å². The van der Waals surface area contributed by atoms with Crippen molar-refractivity contribution in [2.75, 3.05) is 5.32 Å². The number of hydrogen-bond donors (Lipinski definition) is 3. The molecule has 0 unspecified atom stereocenters. The molecule has 0 bridgehead atoms. The first-order chi connectivity index (χ1) is 8.70. The number of benzene rings is 1. The van der Waals surface area contributed by atoms with Crippen LogP contribution in [0.5, 0.6) is 0 Å². The molecule has 0 heterocycles. The summed E-state index contributed by atoms with van der Waals surface area (Å²) < 4.78 is 14.3. The number of nitrogens with one attached hydrogen (secondary N) is 2. The molecule has 1 aromatic carbocycles. The molecule has 0 saturated heterocycles. The monoisotopic (exact) mass is 314 g/mol. The van der Waals surface area contributed by atoms with E-state index in [1.165, 1.54) is 18.9 Å². The molecule has 18 heavy (non-hydrogen) atoms. The maximum atomic E-state index is 13.6. The van der Waals surface area contributed by atoms with E-state index >= 15 is 0 Å². The first-order valence-electron chi connectivity index (χ1n) is 5.96. The van der Waals surface area contributed by atoms with Gasteiger partial charge in [-0.05, 0) is 40.9 Å². The molecule has 0 atom stereocenters. The minimum absolute atomic E-state index is 0.272. The standard InChI is InChI=1S/C12H16BrFN4/c13-9-6-3-7-10(14)11(9)17-12(18-15)16-8-4-1-2-5-8/h3,6-8H,1-2,4-5,15H2,(H2,16,17,18). The molecular weight excluding hydrogens is 299 g/mol. The van der Waals surface area contributed by atoms with Crippen molar-refractivity contribution >= 4 is 27.6 Å². The molecule has 1 fully saturated rings. The van der Waals surface area contributed by atoms with Gasteiger partial charge in [-0.1, -0.05) is 18.9 Å². The Morgan fingerprint density at radius 3 is 2.72 bits per heavy atom. The van der Waals surface area contributed by atoms with Crippen molar-refractivity contribution < 1.29 is 4.39 Å². The lowest BCUT2D eigenvalue weighted by atomic mass is 10.3. The van der Waals surface area contributed by atoms with Crippen LogP contribution >= 0.6 is 15.9 Å². The summed E-state index contributed by atoms with van der Waals surface area (Å²) in [5.41, 5.74) is 2.82. The number of hydrogen-bond acceptors (Lipinski definition) is 2. The molecule has 1 aliphatic rings. The summed E-state index contributed by atoms with van der Waals surface area (Å²) in [5, 5.41) is 2.88. The first-order valence-corrected chi connectivity index (χ1v) is 6.75. The molecule has 4 N–H and O–H groups in total. The maximum Gasteiger partial charge on any atom is 0.210 e. The largest absolute Gasteiger partial charge is 0.322 e. The van der Waals surface area contributed by atoms with Gasteiger partial charge >= 0.3 is 0 Å². The summed E-state index contributed by atoms with van der Waals surface area (Å²) in [6.45, 7) is 0. The van der Waals surface area contributed by atoms with Gasteiger partial charge in [0.2, 0.25) is 5.96 Å². The van der Waals surface area contributed by atoms with Crippen LogP contribution < -0.4 is 16.6 Å². The minimum atomic E-state index is -0.348. The first kappa shape index (κ1) is 13.3. The molecule has 1 saturated carbocycles. The molecule has 0 spiro atoms. The van der Waals surface area contributed by atoms with Crippen molar-refractivity contribution in [1.29, 1.82) is 0 Å². The third-order valence-corrected chi connectivity index (χ3v) is 3.64. The number of aliphatic imine (C=N–C) groups is 1. The van der Waals surface area contributed by atoms with Crippen LogP contribution in [0.25, 0.3) is 0 Å². The second-order valence-electron chi connectivity index (χ2n) is 4.28. The van der Waals surface area contributed by atoms with Gasteiger partial charge in [0.15, 0.2) is 0 Å². The van der Waals surface area contributed by atoms with E-state index in [2.05, 4.69) is 31.7 Å². The third kappa shape index (κ3) is 3.20. The van der Waals surface area contributed by atoms with Gasteiger partial charge in [-0.15, -0.1) is 0 Å². The smallest absolute Gasteiger partial charge is 0.210 e. The van der Waals surface area contributed by atoms with E-state index in [9.17, 15) is 4.39 Å². The van der Waals surface area contributed by atoms with Crippen molar-refractivity contribution in [1.82, 2.24) is 5.43 Å². The fraction of sp³-hybridized carbons (Fsp3) is 0.417. The molecule has 0 aromatic heterocycles. The van der Waals surface area contributed by atoms with E-state index in [0.29, 0.717) is 16.1 Å². The zero-order valence-electron chi connectivity index (χ0n) is 9.92. The summed E-state index contributed by atoms with van der Waals surface area (Å²) in [4.78, 5) is 4.45. The van der Waals surface area contributed by atoms with Gasteiger partial charge in [-0.2, -0.15) is 0 Å². The fourth-order valence-corrected chi connectivity index (χ4v) is 2.50. The SMILES string of the molecule is NNC(=NC1CCCC1)Nc1c(F)cccc1Br. The van der Waals surface area contributed by atoms with Crippen LogP contribution in [0.15, 0.2) is 27.7 Å². The molecule has 0 amide bonds. The highest BCUT2D eigenvalue weighted by Gasteiger charge is 2.15. The summed E-state index contributed by atoms with van der Waals surface area (Å²) in [6.07, 6.45) is 4.50. The van der Waals surface area contributed by atoms with E-state index in [1.54, 1.807) is 12.1 Å². The van der Waals surface area contributed by atoms with Crippen molar-refractivity contribution in [2.45, 2.75) is 31.7 Å². The van der Waals surface area contributed by atoms with Crippen molar-refractivity contribution in [3.63, 3.8) is 0 Å². The van der Waals surface area contributed by atoms with Gasteiger partial charge in [-0.25, -0.2) is 15.2 Å². The highest BCUT2D eigenvalue weighted by atomic mass is 79.9. The Kier molecular flexibility index (Phi) is 4.54. The van der Waals surface area contributed by atoms with E-state index in [1.807, 2.05) is 0 Å². The molecule has 6 heteroatoms. The maximum absolute atomic E-state index is 13.6. The average molecular weight is 315 g/mol. The predicted octanol–water partition coefficient (Wildman–Crippen LogP) is 2.76. The lowest BCUT2D eigenvalue weighted by Gasteiger charge is -2.13. The fourth-order valence-electron chi connectivity index (χ4n) is 2.06. The highest BCUT2D eigenvalue weighted by molar-refractivity contribution is 9.10. The average Bonchev–Trinajstić information content (AvgIpc) is 2.85. The number of anilines is 1. The van der Waals surface area contributed by atoms with Gasteiger partial charge in [-0.3, -0.25) is 5.43 Å². The van der Waals surface area contributed by atoms with Crippen molar-refractivity contribution in [3.8, 4) is 0 Å². The zero-order valence-corrected chi connectivity index (χ0v) is 11.5. The Labute approximate surface area is 114 Å². The molecule has 0 aliphatic heterocycles. The zero-order chi connectivity index (χ0) is 13.0. The predicted molar refractivity (Wildman–Crippen MR) is 74.7 cm³/mol. The summed E-state index contributed by atoms with van der Waals surface area (Å²) in [7, 11) is 0. The number of nitrogens with two attached hydrogens (primary N) is 1. The van der Waals surface area contributed by atoms with Crippen LogP contribution in [0.1, 0.15) is 25.7 Å². The van der Waals surface area contributed by atoms with Gasteiger partial charge < -0.3 is 5.32 Å². The van der Waals surface area contributed by atoms with Crippen LogP contribution in [-0.4, -0.2) is 12.0 Å². The topological polar surface area (TPSA) is 62.4 Å². The molecule has 98 valence electrons. The van der Waals surface area contributed by atoms with Gasteiger partial charge in [0.1, 0.15) is 5.82 Å². The van der Waals surface area contributed by atoms with E-state index in [-0.39, 0.29) is 11.9 Å². The number of rotatable bonds is 2.